The SMILES string of the molecule is Cc1cccc(-c2nc(C(=O)Nc3ccc(Br)cc3C)nn2-c2ccc(F)cc2)c1. The van der Waals surface area contributed by atoms with Gasteiger partial charge < -0.3 is 5.32 Å². The molecule has 4 rings (SSSR count). The Balaban J connectivity index is 1.76. The molecule has 0 radical (unpaired) electrons. The van der Waals surface area contributed by atoms with Gasteiger partial charge >= 0.3 is 0 Å². The largest absolute Gasteiger partial charge is 0.319 e. The molecule has 0 aliphatic carbocycles. The van der Waals surface area contributed by atoms with Gasteiger partial charge in [-0.15, -0.1) is 5.10 Å². The molecule has 1 N–H and O–H groups in total. The highest BCUT2D eigenvalue weighted by molar-refractivity contribution is 9.10. The van der Waals surface area contributed by atoms with E-state index >= 15 is 0 Å². The molecule has 0 spiro atoms. The Labute approximate surface area is 181 Å². The van der Waals surface area contributed by atoms with Gasteiger partial charge in [-0.1, -0.05) is 39.7 Å². The van der Waals surface area contributed by atoms with E-state index in [1.165, 1.54) is 12.1 Å². The average Bonchev–Trinajstić information content (AvgIpc) is 3.16. The van der Waals surface area contributed by atoms with Crippen molar-refractivity contribution in [3.05, 3.63) is 94.0 Å². The Bertz CT molecular complexity index is 1230. The van der Waals surface area contributed by atoms with Gasteiger partial charge in [-0.3, -0.25) is 4.79 Å². The Hall–Kier alpha value is -3.32. The number of aromatic nitrogens is 3. The summed E-state index contributed by atoms with van der Waals surface area (Å²) >= 11 is 3.42. The number of rotatable bonds is 4. The standard InChI is InChI=1S/C23H18BrFN4O/c1-14-4-3-5-16(12-14)22-27-21(28-29(22)19-9-7-18(25)8-10-19)23(30)26-20-11-6-17(24)13-15(20)2/h3-13H,1-2H3,(H,26,30). The van der Waals surface area contributed by atoms with Gasteiger partial charge in [0, 0.05) is 15.7 Å². The molecule has 0 aliphatic heterocycles. The minimum absolute atomic E-state index is 0.0261. The number of amides is 1. The summed E-state index contributed by atoms with van der Waals surface area (Å²) < 4.78 is 15.9. The van der Waals surface area contributed by atoms with Gasteiger partial charge in [0.2, 0.25) is 5.82 Å². The predicted octanol–water partition coefficient (Wildman–Crippen LogP) is 5.71. The van der Waals surface area contributed by atoms with E-state index in [9.17, 15) is 9.18 Å². The van der Waals surface area contributed by atoms with E-state index in [0.717, 1.165) is 21.2 Å². The van der Waals surface area contributed by atoms with Crippen molar-refractivity contribution in [3.63, 3.8) is 0 Å². The summed E-state index contributed by atoms with van der Waals surface area (Å²) in [6, 6.07) is 19.2. The molecule has 1 aromatic heterocycles. The van der Waals surface area contributed by atoms with E-state index in [1.54, 1.807) is 16.8 Å². The topological polar surface area (TPSA) is 59.8 Å². The monoisotopic (exact) mass is 464 g/mol. The van der Waals surface area contributed by atoms with Gasteiger partial charge in [0.25, 0.3) is 5.91 Å². The lowest BCUT2D eigenvalue weighted by atomic mass is 10.1. The van der Waals surface area contributed by atoms with E-state index in [0.29, 0.717) is 17.2 Å². The van der Waals surface area contributed by atoms with Gasteiger partial charge in [0.15, 0.2) is 5.82 Å². The van der Waals surface area contributed by atoms with E-state index in [4.69, 9.17) is 0 Å². The third-order valence-electron chi connectivity index (χ3n) is 4.59. The van der Waals surface area contributed by atoms with Crippen LogP contribution in [0, 0.1) is 19.7 Å². The molecule has 3 aromatic carbocycles. The number of aryl methyl sites for hydroxylation is 2. The van der Waals surface area contributed by atoms with Crippen molar-refractivity contribution in [2.75, 3.05) is 5.32 Å². The number of hydrogen-bond donors (Lipinski definition) is 1. The first-order valence-electron chi connectivity index (χ1n) is 9.28. The van der Waals surface area contributed by atoms with Crippen LogP contribution >= 0.6 is 15.9 Å². The summed E-state index contributed by atoms with van der Waals surface area (Å²) in [4.78, 5) is 17.4. The van der Waals surface area contributed by atoms with E-state index in [2.05, 4.69) is 31.3 Å². The molecule has 150 valence electrons. The summed E-state index contributed by atoms with van der Waals surface area (Å²) in [6.45, 7) is 3.88. The first-order valence-corrected chi connectivity index (χ1v) is 10.1. The molecular weight excluding hydrogens is 447 g/mol. The number of benzene rings is 3. The highest BCUT2D eigenvalue weighted by Crippen LogP contribution is 2.24. The van der Waals surface area contributed by atoms with Crippen LogP contribution in [0.4, 0.5) is 10.1 Å². The van der Waals surface area contributed by atoms with E-state index in [-0.39, 0.29) is 11.6 Å². The van der Waals surface area contributed by atoms with Gasteiger partial charge in [-0.2, -0.15) is 0 Å². The lowest BCUT2D eigenvalue weighted by Gasteiger charge is -2.07. The predicted molar refractivity (Wildman–Crippen MR) is 118 cm³/mol. The normalized spacial score (nSPS) is 10.8. The fourth-order valence-corrected chi connectivity index (χ4v) is 3.56. The maximum atomic E-state index is 13.4. The first-order chi connectivity index (χ1) is 14.4. The first kappa shape index (κ1) is 20.0. The minimum Gasteiger partial charge on any atom is -0.319 e. The molecule has 0 aliphatic rings. The Morgan fingerprint density at radius 3 is 2.50 bits per heavy atom. The third kappa shape index (κ3) is 4.16. The Morgan fingerprint density at radius 1 is 1.03 bits per heavy atom. The summed E-state index contributed by atoms with van der Waals surface area (Å²) in [5, 5.41) is 7.28. The van der Waals surface area contributed by atoms with Crippen molar-refractivity contribution < 1.29 is 9.18 Å². The lowest BCUT2D eigenvalue weighted by molar-refractivity contribution is 0.101. The molecule has 7 heteroatoms. The molecule has 30 heavy (non-hydrogen) atoms. The second-order valence-corrected chi connectivity index (χ2v) is 7.85. The maximum Gasteiger partial charge on any atom is 0.295 e. The van der Waals surface area contributed by atoms with E-state index < -0.39 is 5.91 Å². The third-order valence-corrected chi connectivity index (χ3v) is 5.09. The van der Waals surface area contributed by atoms with Crippen molar-refractivity contribution in [1.82, 2.24) is 14.8 Å². The Kier molecular flexibility index (Phi) is 5.46. The van der Waals surface area contributed by atoms with Crippen molar-refractivity contribution in [2.45, 2.75) is 13.8 Å². The molecule has 1 heterocycles. The van der Waals surface area contributed by atoms with Crippen molar-refractivity contribution in [3.8, 4) is 17.1 Å². The molecule has 0 saturated carbocycles. The zero-order valence-electron chi connectivity index (χ0n) is 16.4. The van der Waals surface area contributed by atoms with Crippen LogP contribution in [0.5, 0.6) is 0 Å². The second kappa shape index (κ2) is 8.20. The highest BCUT2D eigenvalue weighted by atomic mass is 79.9. The second-order valence-electron chi connectivity index (χ2n) is 6.93. The number of carbonyl (C=O) groups is 1. The van der Waals surface area contributed by atoms with Crippen molar-refractivity contribution in [2.24, 2.45) is 0 Å². The molecular formula is C23H18BrFN4O. The molecule has 0 bridgehead atoms. The van der Waals surface area contributed by atoms with Crippen LogP contribution in [0.1, 0.15) is 21.7 Å². The fraction of sp³-hybridized carbons (Fsp3) is 0.0870. The van der Waals surface area contributed by atoms with E-state index in [1.807, 2.05) is 56.3 Å². The summed E-state index contributed by atoms with van der Waals surface area (Å²) in [5.41, 5.74) is 4.07. The fourth-order valence-electron chi connectivity index (χ4n) is 3.09. The molecule has 0 fully saturated rings. The highest BCUT2D eigenvalue weighted by Gasteiger charge is 2.19. The van der Waals surface area contributed by atoms with Crippen LogP contribution in [-0.4, -0.2) is 20.7 Å². The molecule has 4 aromatic rings. The van der Waals surface area contributed by atoms with Crippen LogP contribution in [0.3, 0.4) is 0 Å². The summed E-state index contributed by atoms with van der Waals surface area (Å²) in [6.07, 6.45) is 0. The van der Waals surface area contributed by atoms with Crippen LogP contribution in [0.15, 0.2) is 71.2 Å². The quantitative estimate of drug-likeness (QED) is 0.420. The van der Waals surface area contributed by atoms with Gasteiger partial charge in [-0.25, -0.2) is 14.1 Å². The molecule has 5 nitrogen and oxygen atoms in total. The number of anilines is 1. The van der Waals surface area contributed by atoms with Gasteiger partial charge in [0.05, 0.1) is 5.69 Å². The van der Waals surface area contributed by atoms with Crippen LogP contribution in [0.25, 0.3) is 17.1 Å². The van der Waals surface area contributed by atoms with Crippen LogP contribution in [0.2, 0.25) is 0 Å². The number of nitrogens with one attached hydrogen (secondary N) is 1. The van der Waals surface area contributed by atoms with Crippen molar-refractivity contribution >= 4 is 27.5 Å². The van der Waals surface area contributed by atoms with Crippen LogP contribution in [-0.2, 0) is 0 Å². The molecule has 0 unspecified atom stereocenters. The summed E-state index contributed by atoms with van der Waals surface area (Å²) in [7, 11) is 0. The van der Waals surface area contributed by atoms with Crippen molar-refractivity contribution in [1.29, 1.82) is 0 Å². The lowest BCUT2D eigenvalue weighted by Crippen LogP contribution is -2.15. The molecule has 0 atom stereocenters. The smallest absolute Gasteiger partial charge is 0.295 e. The number of halogens is 2. The van der Waals surface area contributed by atoms with Crippen LogP contribution < -0.4 is 5.32 Å². The Morgan fingerprint density at radius 2 is 1.80 bits per heavy atom. The maximum absolute atomic E-state index is 13.4. The molecule has 0 saturated heterocycles. The number of carbonyl (C=O) groups excluding carboxylic acids is 1. The zero-order chi connectivity index (χ0) is 21.3. The number of hydrogen-bond acceptors (Lipinski definition) is 3. The summed E-state index contributed by atoms with van der Waals surface area (Å²) in [5.74, 6) is -0.240. The van der Waals surface area contributed by atoms with Gasteiger partial charge in [0.1, 0.15) is 5.82 Å². The molecule has 1 amide bonds. The van der Waals surface area contributed by atoms with Gasteiger partial charge in [-0.05, 0) is 67.9 Å². The minimum atomic E-state index is -0.421. The zero-order valence-corrected chi connectivity index (χ0v) is 17.9. The average molecular weight is 465 g/mol. The number of nitrogens with zero attached hydrogens (tertiary/aromatic N) is 3.